The molecule has 2 aromatic rings. The van der Waals surface area contributed by atoms with Crippen molar-refractivity contribution in [3.05, 3.63) is 39.7 Å². The zero-order valence-corrected chi connectivity index (χ0v) is 14.6. The Morgan fingerprint density at radius 1 is 1.10 bits per heavy atom. The summed E-state index contributed by atoms with van der Waals surface area (Å²) in [7, 11) is 0. The van der Waals surface area contributed by atoms with Crippen molar-refractivity contribution in [2.45, 2.75) is 53.0 Å². The van der Waals surface area contributed by atoms with Crippen LogP contribution in [0.4, 0.5) is 0 Å². The molecule has 2 nitrogen and oxygen atoms in total. The van der Waals surface area contributed by atoms with E-state index in [2.05, 4.69) is 64.2 Å². The van der Waals surface area contributed by atoms with Crippen LogP contribution in [0.5, 0.6) is 0 Å². The number of nitrogens with zero attached hydrogens (tertiary/aromatic N) is 1. The number of thiazole rings is 1. The van der Waals surface area contributed by atoms with Crippen LogP contribution in [0.1, 0.15) is 49.1 Å². The maximum atomic E-state index is 4.83. The fourth-order valence-electron chi connectivity index (χ4n) is 2.32. The highest BCUT2D eigenvalue weighted by molar-refractivity contribution is 7.12. The molecule has 0 amide bonds. The van der Waals surface area contributed by atoms with Crippen LogP contribution in [0.25, 0.3) is 11.3 Å². The second-order valence-electron chi connectivity index (χ2n) is 6.15. The van der Waals surface area contributed by atoms with Crippen LogP contribution >= 0.6 is 11.3 Å². The van der Waals surface area contributed by atoms with E-state index in [1.807, 2.05) is 11.3 Å². The maximum Gasteiger partial charge on any atom is 0.0948 e. The van der Waals surface area contributed by atoms with Crippen LogP contribution in [0, 0.1) is 6.92 Å². The summed E-state index contributed by atoms with van der Waals surface area (Å²) in [6.45, 7) is 12.0. The van der Waals surface area contributed by atoms with Crippen molar-refractivity contribution in [2.24, 2.45) is 0 Å². The van der Waals surface area contributed by atoms with Crippen molar-refractivity contribution in [3.63, 3.8) is 0 Å². The molecule has 0 aliphatic heterocycles. The van der Waals surface area contributed by atoms with Crippen LogP contribution in [0.3, 0.4) is 0 Å². The zero-order chi connectivity index (χ0) is 15.4. The third-order valence-electron chi connectivity index (χ3n) is 3.58. The monoisotopic (exact) mass is 302 g/mol. The molecule has 0 aliphatic carbocycles. The molecule has 0 radical (unpaired) electrons. The number of rotatable bonds is 6. The first kappa shape index (κ1) is 16.2. The first-order valence-electron chi connectivity index (χ1n) is 7.77. The lowest BCUT2D eigenvalue weighted by Gasteiger charge is -2.06. The Morgan fingerprint density at radius 2 is 1.76 bits per heavy atom. The van der Waals surface area contributed by atoms with Crippen molar-refractivity contribution < 1.29 is 0 Å². The second-order valence-corrected chi connectivity index (χ2v) is 7.44. The quantitative estimate of drug-likeness (QED) is 0.830. The molecule has 2 rings (SSSR count). The van der Waals surface area contributed by atoms with E-state index in [1.165, 1.54) is 21.0 Å². The summed E-state index contributed by atoms with van der Waals surface area (Å²) >= 11 is 1.82. The van der Waals surface area contributed by atoms with Gasteiger partial charge in [-0.3, -0.25) is 0 Å². The number of hydrogen-bond acceptors (Lipinski definition) is 3. The summed E-state index contributed by atoms with van der Waals surface area (Å²) in [5.74, 6) is 0.577. The Bertz CT molecular complexity index is 567. The van der Waals surface area contributed by atoms with Crippen LogP contribution in [0.2, 0.25) is 0 Å². The third-order valence-corrected chi connectivity index (χ3v) is 4.61. The Hall–Kier alpha value is -1.19. The smallest absolute Gasteiger partial charge is 0.0948 e. The van der Waals surface area contributed by atoms with Crippen LogP contribution in [-0.4, -0.2) is 17.6 Å². The van der Waals surface area contributed by atoms with E-state index >= 15 is 0 Å². The minimum atomic E-state index is 0.536. The lowest BCUT2D eigenvalue weighted by Crippen LogP contribution is -2.24. The zero-order valence-electron chi connectivity index (χ0n) is 13.7. The number of benzene rings is 1. The van der Waals surface area contributed by atoms with Gasteiger partial charge in [0, 0.05) is 29.4 Å². The fourth-order valence-corrected chi connectivity index (χ4v) is 3.27. The summed E-state index contributed by atoms with van der Waals surface area (Å²) < 4.78 is 0. The van der Waals surface area contributed by atoms with Crippen molar-refractivity contribution in [2.75, 3.05) is 6.54 Å². The summed E-state index contributed by atoms with van der Waals surface area (Å²) in [6.07, 6.45) is 1.01. The lowest BCUT2D eigenvalue weighted by molar-refractivity contribution is 0.590. The van der Waals surface area contributed by atoms with Gasteiger partial charge in [-0.2, -0.15) is 0 Å². The van der Waals surface area contributed by atoms with Gasteiger partial charge < -0.3 is 5.32 Å². The van der Waals surface area contributed by atoms with Gasteiger partial charge in [0.2, 0.25) is 0 Å². The SMILES string of the molecule is Cc1sc(CCNC(C)C)nc1-c1ccc(C(C)C)cc1. The van der Waals surface area contributed by atoms with E-state index in [1.54, 1.807) is 0 Å². The molecule has 0 spiro atoms. The van der Waals surface area contributed by atoms with Gasteiger partial charge in [0.05, 0.1) is 10.7 Å². The van der Waals surface area contributed by atoms with Crippen molar-refractivity contribution in [1.29, 1.82) is 0 Å². The molecule has 0 atom stereocenters. The molecule has 0 aliphatic rings. The van der Waals surface area contributed by atoms with Gasteiger partial charge in [0.25, 0.3) is 0 Å². The molecule has 1 aromatic heterocycles. The Labute approximate surface area is 132 Å². The molecule has 1 N–H and O–H groups in total. The average Bonchev–Trinajstić information content (AvgIpc) is 2.79. The molecular formula is C18H26N2S. The van der Waals surface area contributed by atoms with Gasteiger partial charge in [0.15, 0.2) is 0 Å². The van der Waals surface area contributed by atoms with Crippen LogP contribution < -0.4 is 5.32 Å². The van der Waals surface area contributed by atoms with Crippen LogP contribution in [0.15, 0.2) is 24.3 Å². The first-order chi connectivity index (χ1) is 9.97. The maximum absolute atomic E-state index is 4.83. The Balaban J connectivity index is 2.11. The molecule has 0 saturated carbocycles. The summed E-state index contributed by atoms with van der Waals surface area (Å²) in [5.41, 5.74) is 3.76. The summed E-state index contributed by atoms with van der Waals surface area (Å²) in [6, 6.07) is 9.38. The molecule has 0 saturated heterocycles. The highest BCUT2D eigenvalue weighted by atomic mass is 32.1. The molecule has 21 heavy (non-hydrogen) atoms. The predicted octanol–water partition coefficient (Wildman–Crippen LogP) is 4.78. The number of aromatic nitrogens is 1. The van der Waals surface area contributed by atoms with E-state index in [4.69, 9.17) is 4.98 Å². The van der Waals surface area contributed by atoms with Gasteiger partial charge >= 0.3 is 0 Å². The first-order valence-corrected chi connectivity index (χ1v) is 8.59. The minimum Gasteiger partial charge on any atom is -0.314 e. The fraction of sp³-hybridized carbons (Fsp3) is 0.500. The number of aryl methyl sites for hydroxylation is 1. The molecular weight excluding hydrogens is 276 g/mol. The molecule has 1 aromatic carbocycles. The van der Waals surface area contributed by atoms with Gasteiger partial charge in [-0.15, -0.1) is 11.3 Å². The molecule has 3 heteroatoms. The number of hydrogen-bond donors (Lipinski definition) is 1. The normalized spacial score (nSPS) is 11.6. The standard InChI is InChI=1S/C18H26N2S/c1-12(2)15-6-8-16(9-7-15)18-14(5)21-17(20-18)10-11-19-13(3)4/h6-9,12-13,19H,10-11H2,1-5H3. The van der Waals surface area contributed by atoms with Crippen molar-refractivity contribution >= 4 is 11.3 Å². The largest absolute Gasteiger partial charge is 0.314 e. The van der Waals surface area contributed by atoms with Crippen molar-refractivity contribution in [3.8, 4) is 11.3 Å². The molecule has 1 heterocycles. The lowest BCUT2D eigenvalue weighted by atomic mass is 10.0. The van der Waals surface area contributed by atoms with E-state index in [0.29, 0.717) is 12.0 Å². The predicted molar refractivity (Wildman–Crippen MR) is 93.2 cm³/mol. The van der Waals surface area contributed by atoms with E-state index < -0.39 is 0 Å². The van der Waals surface area contributed by atoms with Gasteiger partial charge in [-0.05, 0) is 18.4 Å². The Kier molecular flexibility index (Phi) is 5.54. The van der Waals surface area contributed by atoms with E-state index in [0.717, 1.165) is 18.7 Å². The molecule has 0 bridgehead atoms. The van der Waals surface area contributed by atoms with E-state index in [9.17, 15) is 0 Å². The summed E-state index contributed by atoms with van der Waals surface area (Å²) in [5, 5.41) is 4.67. The van der Waals surface area contributed by atoms with E-state index in [-0.39, 0.29) is 0 Å². The third kappa shape index (κ3) is 4.39. The molecule has 0 fully saturated rings. The second kappa shape index (κ2) is 7.19. The van der Waals surface area contributed by atoms with Crippen molar-refractivity contribution in [1.82, 2.24) is 10.3 Å². The van der Waals surface area contributed by atoms with Crippen LogP contribution in [-0.2, 0) is 6.42 Å². The Morgan fingerprint density at radius 3 is 2.33 bits per heavy atom. The average molecular weight is 302 g/mol. The minimum absolute atomic E-state index is 0.536. The molecule has 0 unspecified atom stereocenters. The van der Waals surface area contributed by atoms with Gasteiger partial charge in [-0.1, -0.05) is 52.0 Å². The number of nitrogens with one attached hydrogen (secondary N) is 1. The summed E-state index contributed by atoms with van der Waals surface area (Å²) in [4.78, 5) is 6.14. The highest BCUT2D eigenvalue weighted by Gasteiger charge is 2.10. The topological polar surface area (TPSA) is 24.9 Å². The van der Waals surface area contributed by atoms with Gasteiger partial charge in [0.1, 0.15) is 0 Å². The molecule has 114 valence electrons. The van der Waals surface area contributed by atoms with Gasteiger partial charge in [-0.25, -0.2) is 4.98 Å². The highest BCUT2D eigenvalue weighted by Crippen LogP contribution is 2.28.